The van der Waals surface area contributed by atoms with Crippen LogP contribution in [0.2, 0.25) is 0 Å². The quantitative estimate of drug-likeness (QED) is 0.375. The lowest BCUT2D eigenvalue weighted by molar-refractivity contribution is 0.379. The molecule has 1 unspecified atom stereocenters. The number of unbranched alkanes of at least 4 members (excludes halogenated alkanes) is 4. The smallest absolute Gasteiger partial charge is 0.290 e. The molecule has 0 N–H and O–H groups in total. The maximum atomic E-state index is 13.9. The van der Waals surface area contributed by atoms with E-state index in [0.717, 1.165) is 24.8 Å². The third-order valence-corrected chi connectivity index (χ3v) is 9.58. The lowest BCUT2D eigenvalue weighted by Gasteiger charge is -2.09. The van der Waals surface area contributed by atoms with Crippen LogP contribution in [0.25, 0.3) is 0 Å². The molecule has 3 atom stereocenters. The van der Waals surface area contributed by atoms with E-state index in [2.05, 4.69) is 10.7 Å². The first-order chi connectivity index (χ1) is 13.9. The van der Waals surface area contributed by atoms with Crippen LogP contribution in [0.4, 0.5) is 0 Å². The van der Waals surface area contributed by atoms with Gasteiger partial charge in [-0.25, -0.2) is 4.21 Å². The van der Waals surface area contributed by atoms with E-state index in [-0.39, 0.29) is 11.0 Å². The molecule has 2 aromatic rings. The highest BCUT2D eigenvalue weighted by Crippen LogP contribution is 2.38. The van der Waals surface area contributed by atoms with Crippen molar-refractivity contribution in [3.05, 3.63) is 60.2 Å². The minimum atomic E-state index is -4.07. The molecule has 1 aliphatic rings. The average molecular weight is 436 g/mol. The molecule has 0 aromatic heterocycles. The Bertz CT molecular complexity index is 1020. The molecule has 2 aromatic carbocycles. The summed E-state index contributed by atoms with van der Waals surface area (Å²) in [5.41, 5.74) is 0.262. The molecule has 7 heteroatoms. The second-order valence-corrected chi connectivity index (χ2v) is 11.6. The van der Waals surface area contributed by atoms with E-state index in [4.69, 9.17) is 4.74 Å². The van der Waals surface area contributed by atoms with Gasteiger partial charge in [-0.1, -0.05) is 78.7 Å². The fourth-order valence-corrected chi connectivity index (χ4v) is 7.63. The van der Waals surface area contributed by atoms with Gasteiger partial charge in [0.15, 0.2) is 5.44 Å². The van der Waals surface area contributed by atoms with E-state index in [1.165, 1.54) is 31.4 Å². The highest BCUT2D eigenvalue weighted by molar-refractivity contribution is 8.03. The van der Waals surface area contributed by atoms with Crippen molar-refractivity contribution in [1.82, 2.24) is 0 Å². The number of hydrogen-bond donors (Lipinski definition) is 0. The van der Waals surface area contributed by atoms with Crippen molar-refractivity contribution in [2.24, 2.45) is 3.77 Å². The molecule has 0 amide bonds. The van der Waals surface area contributed by atoms with Crippen LogP contribution < -0.4 is 0 Å². The summed E-state index contributed by atoms with van der Waals surface area (Å²) < 4.78 is 49.4. The van der Waals surface area contributed by atoms with Gasteiger partial charge in [0.25, 0.3) is 10.0 Å². The van der Waals surface area contributed by atoms with Crippen LogP contribution >= 0.6 is 0 Å². The van der Waals surface area contributed by atoms with Crippen LogP contribution in [-0.2, 0) is 24.5 Å². The number of rotatable bonds is 10. The van der Waals surface area contributed by atoms with Gasteiger partial charge < -0.3 is 4.74 Å². The van der Waals surface area contributed by atoms with Gasteiger partial charge in [-0.05, 0) is 37.6 Å². The Hall–Kier alpha value is -1.70. The van der Waals surface area contributed by atoms with Crippen molar-refractivity contribution in [2.75, 3.05) is 0 Å². The minimum absolute atomic E-state index is 0.0449. The molecule has 0 aliphatic carbocycles. The highest BCUT2D eigenvalue weighted by atomic mass is 32.3. The Kier molecular flexibility index (Phi) is 7.14. The largest absolute Gasteiger partial charge is 0.354 e. The lowest BCUT2D eigenvalue weighted by Crippen LogP contribution is -2.14. The molecule has 0 saturated carbocycles. The van der Waals surface area contributed by atoms with E-state index >= 15 is 0 Å². The van der Waals surface area contributed by atoms with Crippen LogP contribution in [-0.4, -0.2) is 24.2 Å². The van der Waals surface area contributed by atoms with Crippen LogP contribution in [0.5, 0.6) is 0 Å². The second-order valence-electron chi connectivity index (χ2n) is 7.49. The van der Waals surface area contributed by atoms with E-state index in [1.54, 1.807) is 42.5 Å². The molecule has 1 aliphatic heterocycles. The Morgan fingerprint density at radius 3 is 2.17 bits per heavy atom. The maximum absolute atomic E-state index is 13.9. The van der Waals surface area contributed by atoms with Gasteiger partial charge in [0.1, 0.15) is 9.73 Å². The topological polar surface area (TPSA) is 76.1 Å². The summed E-state index contributed by atoms with van der Waals surface area (Å²) in [4.78, 5) is 0.442. The van der Waals surface area contributed by atoms with Gasteiger partial charge in [-0.15, -0.1) is 0 Å². The predicted octanol–water partition coefficient (Wildman–Crippen LogP) is 5.30. The number of epoxide rings is 1. The molecule has 0 radical (unpaired) electrons. The zero-order chi connectivity index (χ0) is 20.9. The van der Waals surface area contributed by atoms with Crippen molar-refractivity contribution in [3.63, 3.8) is 0 Å². The normalized spacial score (nSPS) is 20.8. The van der Waals surface area contributed by atoms with E-state index in [0.29, 0.717) is 4.90 Å². The molecule has 29 heavy (non-hydrogen) atoms. The number of nitrogens with zero attached hydrogens (tertiary/aromatic N) is 1. The van der Waals surface area contributed by atoms with Crippen LogP contribution in [0.15, 0.2) is 68.2 Å². The lowest BCUT2D eigenvalue weighted by atomic mass is 10.1. The SMILES string of the molecule is CCCCCCC[C@H]1O[C@@H]1S(=O)(=NS(=O)(=O)c1ccc(C)cc1)c1ccccc1. The zero-order valence-electron chi connectivity index (χ0n) is 17.0. The first kappa shape index (κ1) is 22.0. The predicted molar refractivity (Wildman–Crippen MR) is 116 cm³/mol. The molecule has 0 spiro atoms. The Morgan fingerprint density at radius 1 is 0.862 bits per heavy atom. The molecule has 5 nitrogen and oxygen atoms in total. The molecule has 0 bridgehead atoms. The Morgan fingerprint density at radius 2 is 1.52 bits per heavy atom. The van der Waals surface area contributed by atoms with E-state index in [1.807, 2.05) is 6.92 Å². The molecule has 1 saturated heterocycles. The van der Waals surface area contributed by atoms with E-state index < -0.39 is 25.2 Å². The highest BCUT2D eigenvalue weighted by Gasteiger charge is 2.48. The van der Waals surface area contributed by atoms with Crippen LogP contribution in [0, 0.1) is 6.92 Å². The summed E-state index contributed by atoms with van der Waals surface area (Å²) in [6.45, 7) is 4.05. The fraction of sp³-hybridized carbons (Fsp3) is 0.455. The summed E-state index contributed by atoms with van der Waals surface area (Å²) in [7, 11) is -7.35. The van der Waals surface area contributed by atoms with Gasteiger partial charge in [0.05, 0.1) is 15.9 Å². The third-order valence-electron chi connectivity index (χ3n) is 5.05. The van der Waals surface area contributed by atoms with E-state index in [9.17, 15) is 12.6 Å². The summed E-state index contributed by atoms with van der Waals surface area (Å²) in [6.07, 6.45) is 6.22. The first-order valence-electron chi connectivity index (χ1n) is 10.2. The second kappa shape index (κ2) is 9.41. The van der Waals surface area contributed by atoms with Gasteiger partial charge >= 0.3 is 0 Å². The van der Waals surface area contributed by atoms with Gasteiger partial charge in [-0.2, -0.15) is 8.42 Å². The molecule has 1 fully saturated rings. The summed E-state index contributed by atoms with van der Waals surface area (Å²) in [5, 5.41) is 0. The number of aryl methyl sites for hydroxylation is 1. The first-order valence-corrected chi connectivity index (χ1v) is 13.2. The number of sulfonamides is 1. The van der Waals surface area contributed by atoms with Crippen molar-refractivity contribution >= 4 is 19.8 Å². The molecule has 3 rings (SSSR count). The average Bonchev–Trinajstić information content (AvgIpc) is 3.49. The summed E-state index contributed by atoms with van der Waals surface area (Å²) in [5.74, 6) is 0. The maximum Gasteiger partial charge on any atom is 0.290 e. The molecular formula is C22H29NO4S2. The van der Waals surface area contributed by atoms with Gasteiger partial charge in [-0.3, -0.25) is 0 Å². The molecule has 1 heterocycles. The van der Waals surface area contributed by atoms with Gasteiger partial charge in [0, 0.05) is 0 Å². The standard InChI is InChI=1S/C22H29NO4S2/c1-3-4-5-6-10-13-21-22(27-21)28(24,19-11-8-7-9-12-19)23-29(25,26)20-16-14-18(2)15-17-20/h7-9,11-12,14-17,21-22H,3-6,10,13H2,1-2H3/t21-,22-,28?/m1/s1. The Balaban J connectivity index is 1.87. The number of ether oxygens (including phenoxy) is 1. The number of benzene rings is 2. The molecule has 158 valence electrons. The van der Waals surface area contributed by atoms with Crippen molar-refractivity contribution in [1.29, 1.82) is 0 Å². The van der Waals surface area contributed by atoms with Crippen molar-refractivity contribution in [2.45, 2.75) is 73.7 Å². The van der Waals surface area contributed by atoms with Crippen LogP contribution in [0.3, 0.4) is 0 Å². The number of hydrogen-bond acceptors (Lipinski definition) is 4. The fourth-order valence-electron chi connectivity index (χ4n) is 3.30. The van der Waals surface area contributed by atoms with Crippen molar-refractivity contribution in [3.8, 4) is 0 Å². The van der Waals surface area contributed by atoms with Gasteiger partial charge in [0.2, 0.25) is 0 Å². The molecular weight excluding hydrogens is 406 g/mol. The zero-order valence-corrected chi connectivity index (χ0v) is 18.6. The van der Waals surface area contributed by atoms with Crippen LogP contribution in [0.1, 0.15) is 51.0 Å². The third kappa shape index (κ3) is 5.47. The monoisotopic (exact) mass is 435 g/mol. The summed E-state index contributed by atoms with van der Waals surface area (Å²) >= 11 is 0. The van der Waals surface area contributed by atoms with Crippen molar-refractivity contribution < 1.29 is 17.4 Å². The Labute approximate surface area is 174 Å². The minimum Gasteiger partial charge on any atom is -0.354 e. The summed E-state index contributed by atoms with van der Waals surface area (Å²) in [6, 6.07) is 15.0.